The third-order valence-electron chi connectivity index (χ3n) is 7.11. The van der Waals surface area contributed by atoms with Crippen LogP contribution in [-0.2, 0) is 28.9 Å². The van der Waals surface area contributed by atoms with Crippen LogP contribution in [0.2, 0.25) is 0 Å². The van der Waals surface area contributed by atoms with Gasteiger partial charge >= 0.3 is 5.63 Å². The zero-order chi connectivity index (χ0) is 23.9. The highest BCUT2D eigenvalue weighted by Crippen LogP contribution is 2.37. The Bertz CT molecular complexity index is 1300. The van der Waals surface area contributed by atoms with E-state index >= 15 is 0 Å². The summed E-state index contributed by atoms with van der Waals surface area (Å²) in [4.78, 5) is 36.6. The predicted molar refractivity (Wildman–Crippen MR) is 123 cm³/mol. The van der Waals surface area contributed by atoms with E-state index < -0.39 is 23.5 Å². The van der Waals surface area contributed by atoms with Gasteiger partial charge in [-0.15, -0.1) is 0 Å². The van der Waals surface area contributed by atoms with E-state index in [1.165, 1.54) is 5.56 Å². The van der Waals surface area contributed by atoms with Gasteiger partial charge in [-0.25, -0.2) is 4.79 Å². The molecule has 1 amide bonds. The van der Waals surface area contributed by atoms with Crippen LogP contribution in [-0.4, -0.2) is 17.9 Å². The number of carbonyl (C=O) groups excluding carboxylic acids is 2. The monoisotopic (exact) mass is 452 g/mol. The number of fused-ring (bicyclic) bond motifs is 4. The number of carboxylic acids is 1. The molecule has 1 aromatic carbocycles. The third-order valence-corrected chi connectivity index (χ3v) is 7.11. The molecule has 2 heterocycles. The normalized spacial score (nSPS) is 15.4. The van der Waals surface area contributed by atoms with E-state index in [-0.39, 0.29) is 18.8 Å². The maximum atomic E-state index is 12.8. The zero-order valence-electron chi connectivity index (χ0n) is 19.6. The summed E-state index contributed by atoms with van der Waals surface area (Å²) in [5.74, 6) is -0.964. The number of carboxylic acid groups (broad SMARTS) is 1. The van der Waals surface area contributed by atoms with Crippen LogP contribution < -0.4 is 16.0 Å². The van der Waals surface area contributed by atoms with Gasteiger partial charge in [0.15, 0.2) is 0 Å². The third kappa shape index (κ3) is 4.16. The Labute approximate surface area is 192 Å². The first kappa shape index (κ1) is 23.1. The number of hydrogen-bond donors (Lipinski definition) is 1. The van der Waals surface area contributed by atoms with Gasteiger partial charge in [0, 0.05) is 40.3 Å². The molecule has 0 bridgehead atoms. The summed E-state index contributed by atoms with van der Waals surface area (Å²) in [5, 5.41) is 15.8. The van der Waals surface area contributed by atoms with E-state index in [1.807, 2.05) is 26.8 Å². The van der Waals surface area contributed by atoms with Crippen molar-refractivity contribution in [3.63, 3.8) is 0 Å². The Morgan fingerprint density at radius 2 is 1.79 bits per heavy atom. The van der Waals surface area contributed by atoms with Crippen molar-refractivity contribution in [3.8, 4) is 0 Å². The highest BCUT2D eigenvalue weighted by Gasteiger charge is 2.24. The van der Waals surface area contributed by atoms with Crippen LogP contribution in [0.25, 0.3) is 21.9 Å². The van der Waals surface area contributed by atoms with Gasteiger partial charge in [0.2, 0.25) is 5.91 Å². The highest BCUT2D eigenvalue weighted by molar-refractivity contribution is 6.00. The molecule has 1 N–H and O–H groups in total. The molecule has 3 aromatic rings. The fraction of sp³-hybridized carbons (Fsp3) is 0.500. The largest absolute Gasteiger partial charge is 0.548 e. The number of benzene rings is 1. The average molecular weight is 453 g/mol. The smallest absolute Gasteiger partial charge is 0.339 e. The molecule has 0 fully saturated rings. The van der Waals surface area contributed by atoms with E-state index in [1.54, 1.807) is 6.92 Å². The van der Waals surface area contributed by atoms with E-state index in [4.69, 9.17) is 8.83 Å². The molecule has 7 nitrogen and oxygen atoms in total. The van der Waals surface area contributed by atoms with Gasteiger partial charge in [0.1, 0.15) is 16.9 Å². The highest BCUT2D eigenvalue weighted by atomic mass is 16.4. The number of aliphatic carboxylic acids is 1. The standard InChI is InChI=1S/C26H31NO6/c1-5-13(2)22(25(29)30)27-21(28)11-10-16-14(3)18-12-19-17-8-6-7-9-20(17)32-24(19)15(4)23(18)33-26(16)31/h12-13,22H,5-11H2,1-4H3,(H,27,28)(H,29,30)/p-1/t13-,22+/m1/s1. The predicted octanol–water partition coefficient (Wildman–Crippen LogP) is 3.25. The van der Waals surface area contributed by atoms with Crippen LogP contribution in [0.15, 0.2) is 19.7 Å². The number of amides is 1. The van der Waals surface area contributed by atoms with Crippen molar-refractivity contribution < 1.29 is 23.5 Å². The first-order valence-corrected chi connectivity index (χ1v) is 11.7. The summed E-state index contributed by atoms with van der Waals surface area (Å²) >= 11 is 0. The molecule has 4 rings (SSSR count). The van der Waals surface area contributed by atoms with Crippen LogP contribution in [0, 0.1) is 19.8 Å². The van der Waals surface area contributed by atoms with Crippen molar-refractivity contribution in [2.24, 2.45) is 5.92 Å². The zero-order valence-corrected chi connectivity index (χ0v) is 19.6. The first-order valence-electron chi connectivity index (χ1n) is 11.7. The molecule has 33 heavy (non-hydrogen) atoms. The number of hydrogen-bond acceptors (Lipinski definition) is 6. The molecule has 1 aliphatic carbocycles. The second-order valence-electron chi connectivity index (χ2n) is 9.21. The molecule has 0 radical (unpaired) electrons. The van der Waals surface area contributed by atoms with Crippen LogP contribution >= 0.6 is 0 Å². The van der Waals surface area contributed by atoms with E-state index in [2.05, 4.69) is 5.32 Å². The minimum absolute atomic E-state index is 0.0142. The van der Waals surface area contributed by atoms with Crippen molar-refractivity contribution >= 4 is 33.8 Å². The molecule has 2 aromatic heterocycles. The lowest BCUT2D eigenvalue weighted by molar-refractivity contribution is -0.309. The molecule has 176 valence electrons. The summed E-state index contributed by atoms with van der Waals surface area (Å²) in [5.41, 5.74) is 4.08. The number of aryl methyl sites for hydroxylation is 4. The summed E-state index contributed by atoms with van der Waals surface area (Å²) in [6, 6.07) is 0.988. The summed E-state index contributed by atoms with van der Waals surface area (Å²) in [7, 11) is 0. The molecule has 0 saturated carbocycles. The van der Waals surface area contributed by atoms with Gasteiger partial charge in [-0.05, 0) is 57.1 Å². The molecule has 2 atom stereocenters. The minimum atomic E-state index is -1.30. The molecule has 7 heteroatoms. The van der Waals surface area contributed by atoms with Crippen molar-refractivity contribution in [2.75, 3.05) is 0 Å². The molecule has 0 aliphatic heterocycles. The average Bonchev–Trinajstić information content (AvgIpc) is 3.16. The van der Waals surface area contributed by atoms with Gasteiger partial charge in [-0.3, -0.25) is 4.79 Å². The molecule has 1 aliphatic rings. The maximum Gasteiger partial charge on any atom is 0.339 e. The van der Waals surface area contributed by atoms with E-state index in [0.29, 0.717) is 17.6 Å². The topological polar surface area (TPSA) is 113 Å². The van der Waals surface area contributed by atoms with Gasteiger partial charge in [-0.1, -0.05) is 20.3 Å². The Morgan fingerprint density at radius 3 is 2.48 bits per heavy atom. The number of rotatable bonds is 7. The van der Waals surface area contributed by atoms with Crippen molar-refractivity contribution in [1.82, 2.24) is 5.32 Å². The number of furan rings is 1. The fourth-order valence-electron chi connectivity index (χ4n) is 4.86. The van der Waals surface area contributed by atoms with Crippen molar-refractivity contribution in [3.05, 3.63) is 44.5 Å². The lowest BCUT2D eigenvalue weighted by Gasteiger charge is -2.25. The SMILES string of the molecule is CC[C@@H](C)[C@H](NC(=O)CCc1c(C)c2cc3c4c(oc3c(C)c2oc1=O)CCCC4)C(=O)[O-]. The first-order chi connectivity index (χ1) is 15.7. The van der Waals surface area contributed by atoms with Crippen LogP contribution in [0.5, 0.6) is 0 Å². The minimum Gasteiger partial charge on any atom is -0.548 e. The van der Waals surface area contributed by atoms with E-state index in [9.17, 15) is 19.5 Å². The van der Waals surface area contributed by atoms with E-state index in [0.717, 1.165) is 58.9 Å². The quantitative estimate of drug-likeness (QED) is 0.551. The van der Waals surface area contributed by atoms with Crippen LogP contribution in [0.3, 0.4) is 0 Å². The Hall–Kier alpha value is -3.09. The van der Waals surface area contributed by atoms with Crippen molar-refractivity contribution in [1.29, 1.82) is 0 Å². The Kier molecular flexibility index (Phi) is 6.32. The molecular weight excluding hydrogens is 422 g/mol. The Balaban J connectivity index is 1.66. The molecule has 0 unspecified atom stereocenters. The lowest BCUT2D eigenvalue weighted by atomic mass is 9.93. The molecule has 0 spiro atoms. The van der Waals surface area contributed by atoms with Gasteiger partial charge in [0.05, 0.1) is 12.0 Å². The summed E-state index contributed by atoms with van der Waals surface area (Å²) in [6.45, 7) is 7.38. The number of carbonyl (C=O) groups is 2. The van der Waals surface area contributed by atoms with Crippen molar-refractivity contribution in [2.45, 2.75) is 78.7 Å². The maximum absolute atomic E-state index is 12.8. The lowest BCUT2D eigenvalue weighted by Crippen LogP contribution is -2.51. The molecule has 0 saturated heterocycles. The van der Waals surface area contributed by atoms with Crippen LogP contribution in [0.1, 0.15) is 67.5 Å². The summed E-state index contributed by atoms with van der Waals surface area (Å²) in [6.07, 6.45) is 4.89. The van der Waals surface area contributed by atoms with Crippen LogP contribution in [0.4, 0.5) is 0 Å². The number of nitrogens with one attached hydrogen (secondary N) is 1. The second kappa shape index (κ2) is 9.04. The fourth-order valence-corrected chi connectivity index (χ4v) is 4.86. The van der Waals surface area contributed by atoms with Gasteiger partial charge < -0.3 is 24.1 Å². The Morgan fingerprint density at radius 1 is 1.09 bits per heavy atom. The summed E-state index contributed by atoms with van der Waals surface area (Å²) < 4.78 is 11.8. The molecular formula is C26H30NO6-. The second-order valence-corrected chi connectivity index (χ2v) is 9.21. The van der Waals surface area contributed by atoms with Gasteiger partial charge in [0.25, 0.3) is 0 Å². The van der Waals surface area contributed by atoms with Gasteiger partial charge in [-0.2, -0.15) is 0 Å².